The highest BCUT2D eigenvalue weighted by molar-refractivity contribution is 5.92. The van der Waals surface area contributed by atoms with Gasteiger partial charge >= 0.3 is 6.61 Å². The van der Waals surface area contributed by atoms with Crippen molar-refractivity contribution in [3.8, 4) is 11.5 Å². The van der Waals surface area contributed by atoms with Crippen LogP contribution in [0.1, 0.15) is 50.5 Å². The van der Waals surface area contributed by atoms with Gasteiger partial charge in [0.05, 0.1) is 7.11 Å². The van der Waals surface area contributed by atoms with Crippen LogP contribution in [0.5, 0.6) is 11.5 Å². The largest absolute Gasteiger partial charge is 0.493 e. The molecule has 0 bridgehead atoms. The Labute approximate surface area is 177 Å². The van der Waals surface area contributed by atoms with Crippen molar-refractivity contribution in [3.63, 3.8) is 0 Å². The molecule has 1 N–H and O–H groups in total. The molecule has 1 aromatic rings. The van der Waals surface area contributed by atoms with Crippen LogP contribution in [0.25, 0.3) is 6.08 Å². The van der Waals surface area contributed by atoms with E-state index in [9.17, 15) is 13.6 Å². The summed E-state index contributed by atoms with van der Waals surface area (Å²) in [5.74, 6) is 0.868. The molecule has 1 saturated heterocycles. The highest BCUT2D eigenvalue weighted by atomic mass is 19.3. The molecule has 0 radical (unpaired) electrons. The molecule has 0 aromatic heterocycles. The Morgan fingerprint density at radius 3 is 2.57 bits per heavy atom. The third-order valence-corrected chi connectivity index (χ3v) is 6.01. The standard InChI is InChI=1S/C23H32F2N2O3/c1-29-21-15-17(7-9-20(21)30-23(24)25)8-10-22(28)26-19-11-13-27(14-12-19)16-18-5-3-2-4-6-18/h7-10,15,18-19,23H,2-6,11-14,16H2,1H3,(H,26,28)/b10-8+. The lowest BCUT2D eigenvalue weighted by atomic mass is 9.88. The normalized spacial score (nSPS) is 19.3. The minimum Gasteiger partial charge on any atom is -0.493 e. The summed E-state index contributed by atoms with van der Waals surface area (Å²) < 4.78 is 34.3. The van der Waals surface area contributed by atoms with E-state index in [-0.39, 0.29) is 23.4 Å². The number of hydrogen-bond acceptors (Lipinski definition) is 4. The van der Waals surface area contributed by atoms with Gasteiger partial charge in [0.1, 0.15) is 0 Å². The van der Waals surface area contributed by atoms with E-state index < -0.39 is 6.61 Å². The lowest BCUT2D eigenvalue weighted by Crippen LogP contribution is -2.45. The molecule has 2 fully saturated rings. The molecule has 7 heteroatoms. The van der Waals surface area contributed by atoms with Crippen LogP contribution >= 0.6 is 0 Å². The fourth-order valence-corrected chi connectivity index (χ4v) is 4.40. The highest BCUT2D eigenvalue weighted by Crippen LogP contribution is 2.30. The summed E-state index contributed by atoms with van der Waals surface area (Å²) in [6.45, 7) is 0.357. The summed E-state index contributed by atoms with van der Waals surface area (Å²) in [4.78, 5) is 14.8. The van der Waals surface area contributed by atoms with Crippen LogP contribution in [0, 0.1) is 5.92 Å². The van der Waals surface area contributed by atoms with E-state index in [1.165, 1.54) is 57.9 Å². The van der Waals surface area contributed by atoms with Crippen LogP contribution in [0.4, 0.5) is 8.78 Å². The van der Waals surface area contributed by atoms with Crippen LogP contribution in [-0.2, 0) is 4.79 Å². The minimum atomic E-state index is -2.92. The molecule has 1 aliphatic heterocycles. The first kappa shape index (κ1) is 22.5. The Morgan fingerprint density at radius 2 is 1.90 bits per heavy atom. The number of methoxy groups -OCH3 is 1. The number of alkyl halides is 2. The van der Waals surface area contributed by atoms with Crippen LogP contribution in [-0.4, -0.2) is 50.2 Å². The fourth-order valence-electron chi connectivity index (χ4n) is 4.40. The predicted octanol–water partition coefficient (Wildman–Crippen LogP) is 4.47. The van der Waals surface area contributed by atoms with Crippen molar-refractivity contribution in [2.75, 3.05) is 26.7 Å². The van der Waals surface area contributed by atoms with E-state index in [0.29, 0.717) is 5.56 Å². The molecule has 1 aliphatic carbocycles. The number of carbonyl (C=O) groups is 1. The number of ether oxygens (including phenoxy) is 2. The third kappa shape index (κ3) is 6.97. The van der Waals surface area contributed by atoms with Gasteiger partial charge < -0.3 is 19.7 Å². The summed E-state index contributed by atoms with van der Waals surface area (Å²) in [5, 5.41) is 3.07. The second kappa shape index (κ2) is 11.3. The van der Waals surface area contributed by atoms with Crippen LogP contribution < -0.4 is 14.8 Å². The minimum absolute atomic E-state index is 0.0333. The number of amides is 1. The van der Waals surface area contributed by atoms with E-state index in [1.807, 2.05) is 0 Å². The Bertz CT molecular complexity index is 712. The lowest BCUT2D eigenvalue weighted by molar-refractivity contribution is -0.117. The Balaban J connectivity index is 1.43. The maximum atomic E-state index is 12.4. The van der Waals surface area contributed by atoms with E-state index in [1.54, 1.807) is 18.2 Å². The van der Waals surface area contributed by atoms with E-state index >= 15 is 0 Å². The van der Waals surface area contributed by atoms with Crippen LogP contribution in [0.3, 0.4) is 0 Å². The number of nitrogens with one attached hydrogen (secondary N) is 1. The summed E-state index contributed by atoms with van der Waals surface area (Å²) >= 11 is 0. The Morgan fingerprint density at radius 1 is 1.17 bits per heavy atom. The first-order chi connectivity index (χ1) is 14.5. The average molecular weight is 423 g/mol. The smallest absolute Gasteiger partial charge is 0.387 e. The van der Waals surface area contributed by atoms with Gasteiger partial charge in [0, 0.05) is 31.8 Å². The van der Waals surface area contributed by atoms with Gasteiger partial charge in [-0.3, -0.25) is 4.79 Å². The number of carbonyl (C=O) groups excluding carboxylic acids is 1. The summed E-state index contributed by atoms with van der Waals surface area (Å²) in [7, 11) is 1.38. The number of nitrogens with zero attached hydrogens (tertiary/aromatic N) is 1. The molecular weight excluding hydrogens is 390 g/mol. The number of likely N-dealkylation sites (tertiary alicyclic amines) is 1. The van der Waals surface area contributed by atoms with Gasteiger partial charge in [0.25, 0.3) is 0 Å². The van der Waals surface area contributed by atoms with Gasteiger partial charge in [-0.15, -0.1) is 0 Å². The second-order valence-corrected chi connectivity index (χ2v) is 8.21. The zero-order chi connectivity index (χ0) is 21.3. The molecule has 30 heavy (non-hydrogen) atoms. The van der Waals surface area contributed by atoms with E-state index in [0.717, 1.165) is 31.8 Å². The van der Waals surface area contributed by atoms with Crippen molar-refractivity contribution in [1.82, 2.24) is 10.2 Å². The Kier molecular flexibility index (Phi) is 8.49. The molecule has 0 spiro atoms. The lowest BCUT2D eigenvalue weighted by Gasteiger charge is -2.35. The van der Waals surface area contributed by atoms with Crippen molar-refractivity contribution in [2.24, 2.45) is 5.92 Å². The molecule has 166 valence electrons. The topological polar surface area (TPSA) is 50.8 Å². The number of benzene rings is 1. The molecule has 1 amide bonds. The third-order valence-electron chi connectivity index (χ3n) is 6.01. The van der Waals surface area contributed by atoms with Crippen molar-refractivity contribution < 1.29 is 23.0 Å². The van der Waals surface area contributed by atoms with Crippen molar-refractivity contribution in [3.05, 3.63) is 29.8 Å². The molecule has 3 rings (SSSR count). The van der Waals surface area contributed by atoms with E-state index in [2.05, 4.69) is 15.0 Å². The van der Waals surface area contributed by atoms with Crippen LogP contribution in [0.15, 0.2) is 24.3 Å². The van der Waals surface area contributed by atoms with Crippen molar-refractivity contribution in [1.29, 1.82) is 0 Å². The van der Waals surface area contributed by atoms with Gasteiger partial charge in [-0.05, 0) is 55.4 Å². The molecule has 1 aromatic carbocycles. The van der Waals surface area contributed by atoms with Gasteiger partial charge in [-0.1, -0.05) is 25.3 Å². The SMILES string of the molecule is COc1cc(/C=C/C(=O)NC2CCN(CC3CCCCC3)CC2)ccc1OC(F)F. The van der Waals surface area contributed by atoms with Crippen molar-refractivity contribution >= 4 is 12.0 Å². The molecule has 5 nitrogen and oxygen atoms in total. The van der Waals surface area contributed by atoms with Gasteiger partial charge in [-0.25, -0.2) is 0 Å². The zero-order valence-corrected chi connectivity index (χ0v) is 17.6. The van der Waals surface area contributed by atoms with Crippen LogP contribution in [0.2, 0.25) is 0 Å². The fraction of sp³-hybridized carbons (Fsp3) is 0.609. The first-order valence-electron chi connectivity index (χ1n) is 10.9. The maximum Gasteiger partial charge on any atom is 0.387 e. The quantitative estimate of drug-likeness (QED) is 0.628. The predicted molar refractivity (Wildman–Crippen MR) is 113 cm³/mol. The molecule has 2 aliphatic rings. The summed E-state index contributed by atoms with van der Waals surface area (Å²) in [5.41, 5.74) is 0.672. The number of rotatable bonds is 8. The van der Waals surface area contributed by atoms with Gasteiger partial charge in [0.15, 0.2) is 11.5 Å². The number of halogens is 2. The van der Waals surface area contributed by atoms with Gasteiger partial charge in [0.2, 0.25) is 5.91 Å². The highest BCUT2D eigenvalue weighted by Gasteiger charge is 2.23. The molecule has 1 heterocycles. The van der Waals surface area contributed by atoms with Crippen molar-refractivity contribution in [2.45, 2.75) is 57.6 Å². The number of hydrogen-bond donors (Lipinski definition) is 1. The zero-order valence-electron chi connectivity index (χ0n) is 17.6. The monoisotopic (exact) mass is 422 g/mol. The summed E-state index contributed by atoms with van der Waals surface area (Å²) in [6.07, 6.45) is 11.9. The molecule has 1 saturated carbocycles. The van der Waals surface area contributed by atoms with Gasteiger partial charge in [-0.2, -0.15) is 8.78 Å². The maximum absolute atomic E-state index is 12.4. The molecule has 0 atom stereocenters. The second-order valence-electron chi connectivity index (χ2n) is 8.21. The summed E-state index contributed by atoms with van der Waals surface area (Å²) in [6, 6.07) is 4.77. The first-order valence-corrected chi connectivity index (χ1v) is 10.9. The van der Waals surface area contributed by atoms with E-state index in [4.69, 9.17) is 4.74 Å². The molecular formula is C23H32F2N2O3. The molecule has 0 unspecified atom stereocenters. The number of piperidine rings is 1. The average Bonchev–Trinajstić information content (AvgIpc) is 2.75. The Hall–Kier alpha value is -2.15.